The number of aromatic hydroxyl groups is 1. The van der Waals surface area contributed by atoms with Crippen LogP contribution in [0.3, 0.4) is 0 Å². The lowest BCUT2D eigenvalue weighted by molar-refractivity contribution is -0.345. The number of terminal acetylenes is 1. The van der Waals surface area contributed by atoms with Crippen LogP contribution in [0.25, 0.3) is 32.9 Å². The van der Waals surface area contributed by atoms with Crippen molar-refractivity contribution >= 4 is 27.5 Å². The second kappa shape index (κ2) is 14.6. The minimum atomic E-state index is -4.65. The number of fused-ring (bicyclic) bond motifs is 1. The molecule has 7 rings (SSSR count). The lowest BCUT2D eigenvalue weighted by Crippen LogP contribution is -2.42. The van der Waals surface area contributed by atoms with Gasteiger partial charge >= 0.3 is 12.4 Å². The van der Waals surface area contributed by atoms with Gasteiger partial charge in [-0.2, -0.15) is 9.97 Å². The molecular formula is C38H41F5N6O3. The van der Waals surface area contributed by atoms with Crippen LogP contribution in [0.4, 0.5) is 27.8 Å². The first-order chi connectivity index (χ1) is 25.0. The van der Waals surface area contributed by atoms with Gasteiger partial charge in [0, 0.05) is 49.1 Å². The number of hydrogen-bond donors (Lipinski definition) is 3. The first kappa shape index (κ1) is 36.1. The van der Waals surface area contributed by atoms with Crippen molar-refractivity contribution in [2.24, 2.45) is 11.3 Å². The molecule has 2 fully saturated rings. The highest BCUT2D eigenvalue weighted by Gasteiger charge is 2.46. The number of piperidine rings is 1. The molecule has 2 aliphatic heterocycles. The molecule has 2 aromatic heterocycles. The van der Waals surface area contributed by atoms with Crippen LogP contribution in [-0.2, 0) is 11.2 Å². The van der Waals surface area contributed by atoms with Crippen molar-refractivity contribution in [3.63, 3.8) is 0 Å². The number of hydrogen-bond acceptors (Lipinski definition) is 9. The Labute approximate surface area is 298 Å². The highest BCUT2D eigenvalue weighted by atomic mass is 19.4. The third kappa shape index (κ3) is 7.72. The molecular weight excluding hydrogens is 683 g/mol. The largest absolute Gasteiger partial charge is 0.522 e. The van der Waals surface area contributed by atoms with Gasteiger partial charge in [0.25, 0.3) is 0 Å². The molecule has 0 amide bonds. The number of anilines is 1. The Morgan fingerprint density at radius 1 is 1.06 bits per heavy atom. The van der Waals surface area contributed by atoms with Crippen LogP contribution in [0.1, 0.15) is 56.7 Å². The molecule has 276 valence electrons. The van der Waals surface area contributed by atoms with E-state index in [1.54, 1.807) is 0 Å². The Hall–Kier alpha value is -4.32. The fourth-order valence-electron chi connectivity index (χ4n) is 7.49. The lowest BCUT2D eigenvalue weighted by atomic mass is 9.94. The lowest BCUT2D eigenvalue weighted by Gasteiger charge is -2.34. The molecule has 0 spiro atoms. The molecule has 52 heavy (non-hydrogen) atoms. The number of pyridine rings is 1. The van der Waals surface area contributed by atoms with E-state index in [-0.39, 0.29) is 64.3 Å². The minimum absolute atomic E-state index is 0.0282. The van der Waals surface area contributed by atoms with E-state index in [9.17, 15) is 18.3 Å². The highest BCUT2D eigenvalue weighted by molar-refractivity contribution is 6.03. The summed E-state index contributed by atoms with van der Waals surface area (Å²) in [4.78, 5) is 16.3. The summed E-state index contributed by atoms with van der Waals surface area (Å²) in [6.07, 6.45) is 4.70. The maximum Gasteiger partial charge on any atom is 0.522 e. The third-order valence-corrected chi connectivity index (χ3v) is 10.5. The van der Waals surface area contributed by atoms with Gasteiger partial charge in [0.1, 0.15) is 28.6 Å². The first-order valence-corrected chi connectivity index (χ1v) is 17.8. The number of nitrogens with one attached hydrogen (secondary N) is 2. The monoisotopic (exact) mass is 724 g/mol. The number of halogens is 5. The molecule has 0 bridgehead atoms. The van der Waals surface area contributed by atoms with Crippen molar-refractivity contribution in [3.8, 4) is 35.4 Å². The van der Waals surface area contributed by atoms with Crippen molar-refractivity contribution < 1.29 is 36.5 Å². The summed E-state index contributed by atoms with van der Waals surface area (Å²) in [5, 5.41) is 18.6. The quantitative estimate of drug-likeness (QED) is 0.132. The summed E-state index contributed by atoms with van der Waals surface area (Å²) in [6, 6.07) is 5.43. The summed E-state index contributed by atoms with van der Waals surface area (Å²) in [5.74, 6) is 1.48. The predicted octanol–water partition coefficient (Wildman–Crippen LogP) is 6.94. The molecule has 14 heteroatoms. The Bertz CT molecular complexity index is 2010. The zero-order chi connectivity index (χ0) is 36.6. The van der Waals surface area contributed by atoms with Gasteiger partial charge in [-0.15, -0.1) is 19.6 Å². The summed E-state index contributed by atoms with van der Waals surface area (Å²) < 4.78 is 80.7. The number of nitrogens with zero attached hydrogens (tertiary/aromatic N) is 4. The van der Waals surface area contributed by atoms with E-state index < -0.39 is 24.1 Å². The van der Waals surface area contributed by atoms with Gasteiger partial charge in [-0.3, -0.25) is 4.74 Å². The number of alkyl halides is 3. The molecule has 3 aliphatic rings. The standard InChI is InChI=1S/C38H41F5N6O3/c1-3-22-5-8-29-31-34(32(40)33(46-29)27-18-24(50)17-23-6-7-28(39)26(4-2)30(23)27)47-36(48-35(31)45-14-13-44-19-22)51-21-37(11-12-37)20-49-15-9-25(10-16-49)52-38(41,42)43/h2,6-7,17-18,22,25,44,50H,3,5,8-16,19-21H2,1H3,(H,45,47,48). The average molecular weight is 725 g/mol. The second-order valence-corrected chi connectivity index (χ2v) is 14.2. The highest BCUT2D eigenvalue weighted by Crippen LogP contribution is 2.47. The molecule has 1 saturated heterocycles. The minimum Gasteiger partial charge on any atom is -0.508 e. The van der Waals surface area contributed by atoms with E-state index in [0.717, 1.165) is 32.2 Å². The van der Waals surface area contributed by atoms with Gasteiger partial charge < -0.3 is 25.4 Å². The van der Waals surface area contributed by atoms with Crippen molar-refractivity contribution in [2.75, 3.05) is 51.2 Å². The topological polar surface area (TPSA) is 105 Å². The van der Waals surface area contributed by atoms with Gasteiger partial charge in [-0.1, -0.05) is 25.3 Å². The number of phenols is 1. The number of benzene rings is 2. The van der Waals surface area contributed by atoms with Gasteiger partial charge in [0.15, 0.2) is 5.82 Å². The molecule has 2 aromatic carbocycles. The summed E-state index contributed by atoms with van der Waals surface area (Å²) in [6.45, 7) is 5.89. The summed E-state index contributed by atoms with van der Waals surface area (Å²) in [5.41, 5.74) is 0.230. The summed E-state index contributed by atoms with van der Waals surface area (Å²) in [7, 11) is 0. The molecule has 1 atom stereocenters. The zero-order valence-corrected chi connectivity index (χ0v) is 28.9. The van der Waals surface area contributed by atoms with Crippen LogP contribution < -0.4 is 15.4 Å². The predicted molar refractivity (Wildman–Crippen MR) is 187 cm³/mol. The van der Waals surface area contributed by atoms with E-state index in [1.807, 2.05) is 0 Å². The van der Waals surface area contributed by atoms with Crippen molar-refractivity contribution in [3.05, 3.63) is 47.2 Å². The fraction of sp³-hybridized carbons (Fsp3) is 0.500. The number of aryl methyl sites for hydroxylation is 1. The number of rotatable bonds is 8. The van der Waals surface area contributed by atoms with Crippen molar-refractivity contribution in [1.29, 1.82) is 0 Å². The summed E-state index contributed by atoms with van der Waals surface area (Å²) >= 11 is 0. The van der Waals surface area contributed by atoms with Crippen LogP contribution in [0, 0.1) is 35.3 Å². The van der Waals surface area contributed by atoms with E-state index >= 15 is 8.78 Å². The fourth-order valence-corrected chi connectivity index (χ4v) is 7.49. The zero-order valence-electron chi connectivity index (χ0n) is 28.9. The number of aromatic nitrogens is 3. The molecule has 4 aromatic rings. The molecule has 1 aliphatic carbocycles. The van der Waals surface area contributed by atoms with E-state index in [4.69, 9.17) is 21.1 Å². The molecule has 0 radical (unpaired) electrons. The molecule has 9 nitrogen and oxygen atoms in total. The normalized spacial score (nSPS) is 19.9. The first-order valence-electron chi connectivity index (χ1n) is 17.8. The smallest absolute Gasteiger partial charge is 0.508 e. The van der Waals surface area contributed by atoms with Crippen LogP contribution in [0.2, 0.25) is 0 Å². The van der Waals surface area contributed by atoms with Crippen LogP contribution >= 0.6 is 0 Å². The van der Waals surface area contributed by atoms with E-state index in [1.165, 1.54) is 24.3 Å². The van der Waals surface area contributed by atoms with Crippen molar-refractivity contribution in [2.45, 2.75) is 64.3 Å². The van der Waals surface area contributed by atoms with Crippen LogP contribution in [0.15, 0.2) is 24.3 Å². The molecule has 3 N–H and O–H groups in total. The molecule has 4 heterocycles. The number of ether oxygens (including phenoxy) is 2. The SMILES string of the molecule is C#Cc1c(F)ccc2cc(O)cc(-c3nc4c5c(nc(OCC6(CN7CCC(OC(F)(F)F)CC7)CC6)nc5c3F)NCCNCC(CC)CC4)c12. The number of phenolic OH excluding ortho intramolecular Hbond substituents is 1. The van der Waals surface area contributed by atoms with Crippen LogP contribution in [0.5, 0.6) is 11.8 Å². The van der Waals surface area contributed by atoms with E-state index in [0.29, 0.717) is 67.3 Å². The van der Waals surface area contributed by atoms with Gasteiger partial charge in [0.05, 0.1) is 29.4 Å². The molecule has 1 unspecified atom stereocenters. The second-order valence-electron chi connectivity index (χ2n) is 14.2. The third-order valence-electron chi connectivity index (χ3n) is 10.5. The van der Waals surface area contributed by atoms with Crippen molar-refractivity contribution in [1.82, 2.24) is 25.2 Å². The number of likely N-dealkylation sites (tertiary alicyclic amines) is 1. The van der Waals surface area contributed by atoms with Crippen LogP contribution in [-0.4, -0.2) is 83.3 Å². The maximum absolute atomic E-state index is 17.1. The molecule has 1 saturated carbocycles. The maximum atomic E-state index is 17.1. The van der Waals surface area contributed by atoms with Gasteiger partial charge in [-0.25, -0.2) is 13.8 Å². The van der Waals surface area contributed by atoms with Gasteiger partial charge in [0.2, 0.25) is 0 Å². The average Bonchev–Trinajstić information content (AvgIpc) is 3.88. The Balaban J connectivity index is 1.26. The Morgan fingerprint density at radius 3 is 2.56 bits per heavy atom. The van der Waals surface area contributed by atoms with E-state index in [2.05, 4.69) is 38.1 Å². The Kier molecular flexibility index (Phi) is 10.1. The van der Waals surface area contributed by atoms with Gasteiger partial charge in [-0.05, 0) is 74.6 Å². The Morgan fingerprint density at radius 2 is 1.85 bits per heavy atom.